The van der Waals surface area contributed by atoms with Crippen molar-refractivity contribution in [2.45, 2.75) is 32.9 Å². The minimum absolute atomic E-state index is 0.141. The predicted octanol–water partition coefficient (Wildman–Crippen LogP) is 3.71. The van der Waals surface area contributed by atoms with Gasteiger partial charge in [0.05, 0.1) is 0 Å². The molecule has 4 N–H and O–H groups in total. The smallest absolute Gasteiger partial charge is 0.412 e. The SMILES string of the molecule is CNCc1ccc(NC(=O)c2cc(O)cc(NC(=O)OC(C)(C)C)c2)cc1. The number of aromatic hydroxyl groups is 1. The molecule has 0 unspecified atom stereocenters. The maximum absolute atomic E-state index is 12.5. The van der Waals surface area contributed by atoms with Gasteiger partial charge < -0.3 is 20.5 Å². The minimum Gasteiger partial charge on any atom is -0.508 e. The molecule has 27 heavy (non-hydrogen) atoms. The molecule has 2 amide bonds. The first kappa shape index (κ1) is 20.3. The van der Waals surface area contributed by atoms with Crippen molar-refractivity contribution >= 4 is 23.4 Å². The predicted molar refractivity (Wildman–Crippen MR) is 105 cm³/mol. The van der Waals surface area contributed by atoms with E-state index in [0.29, 0.717) is 5.69 Å². The lowest BCUT2D eigenvalue weighted by molar-refractivity contribution is 0.0635. The number of carbonyl (C=O) groups is 2. The van der Waals surface area contributed by atoms with Crippen LogP contribution in [0.2, 0.25) is 0 Å². The Morgan fingerprint density at radius 1 is 1.00 bits per heavy atom. The quantitative estimate of drug-likeness (QED) is 0.642. The Labute approximate surface area is 158 Å². The van der Waals surface area contributed by atoms with Gasteiger partial charge in [-0.05, 0) is 57.6 Å². The van der Waals surface area contributed by atoms with Crippen LogP contribution in [-0.4, -0.2) is 29.8 Å². The fourth-order valence-corrected chi connectivity index (χ4v) is 2.35. The Hall–Kier alpha value is -3.06. The van der Waals surface area contributed by atoms with E-state index in [9.17, 15) is 14.7 Å². The summed E-state index contributed by atoms with van der Waals surface area (Å²) in [5.74, 6) is -0.544. The van der Waals surface area contributed by atoms with Gasteiger partial charge in [0.2, 0.25) is 0 Å². The van der Waals surface area contributed by atoms with Gasteiger partial charge in [0.15, 0.2) is 0 Å². The van der Waals surface area contributed by atoms with Crippen molar-refractivity contribution in [3.8, 4) is 5.75 Å². The average molecular weight is 371 g/mol. The van der Waals surface area contributed by atoms with E-state index >= 15 is 0 Å². The Balaban J connectivity index is 2.09. The molecule has 7 nitrogen and oxygen atoms in total. The third-order valence-electron chi connectivity index (χ3n) is 3.42. The molecule has 0 saturated heterocycles. The Kier molecular flexibility index (Phi) is 6.41. The van der Waals surface area contributed by atoms with Crippen LogP contribution >= 0.6 is 0 Å². The molecule has 0 radical (unpaired) electrons. The van der Waals surface area contributed by atoms with Crippen molar-refractivity contribution in [3.05, 3.63) is 53.6 Å². The van der Waals surface area contributed by atoms with Crippen molar-refractivity contribution in [1.82, 2.24) is 5.32 Å². The summed E-state index contributed by atoms with van der Waals surface area (Å²) in [4.78, 5) is 24.3. The molecule has 0 heterocycles. The monoisotopic (exact) mass is 371 g/mol. The second kappa shape index (κ2) is 8.55. The van der Waals surface area contributed by atoms with E-state index in [2.05, 4.69) is 16.0 Å². The normalized spacial score (nSPS) is 11.0. The first-order valence-electron chi connectivity index (χ1n) is 8.55. The van der Waals surface area contributed by atoms with Crippen LogP contribution in [0.25, 0.3) is 0 Å². The summed E-state index contributed by atoms with van der Waals surface area (Å²) >= 11 is 0. The van der Waals surface area contributed by atoms with Gasteiger partial charge in [0.25, 0.3) is 5.91 Å². The van der Waals surface area contributed by atoms with E-state index in [-0.39, 0.29) is 17.0 Å². The van der Waals surface area contributed by atoms with E-state index in [0.717, 1.165) is 12.1 Å². The van der Waals surface area contributed by atoms with Gasteiger partial charge in [0.1, 0.15) is 11.4 Å². The van der Waals surface area contributed by atoms with Crippen LogP contribution in [0.15, 0.2) is 42.5 Å². The molecule has 0 fully saturated rings. The number of carbonyl (C=O) groups excluding carboxylic acids is 2. The van der Waals surface area contributed by atoms with Gasteiger partial charge in [-0.2, -0.15) is 0 Å². The topological polar surface area (TPSA) is 99.7 Å². The second-order valence-corrected chi connectivity index (χ2v) is 7.08. The van der Waals surface area contributed by atoms with Crippen LogP contribution in [0.4, 0.5) is 16.2 Å². The zero-order valence-corrected chi connectivity index (χ0v) is 15.9. The fourth-order valence-electron chi connectivity index (χ4n) is 2.35. The molecule has 2 aromatic carbocycles. The molecular formula is C20H25N3O4. The lowest BCUT2D eigenvalue weighted by atomic mass is 10.1. The van der Waals surface area contributed by atoms with Crippen LogP contribution in [0, 0.1) is 0 Å². The van der Waals surface area contributed by atoms with Crippen molar-refractivity contribution < 1.29 is 19.4 Å². The van der Waals surface area contributed by atoms with Gasteiger partial charge in [-0.1, -0.05) is 12.1 Å². The van der Waals surface area contributed by atoms with Crippen molar-refractivity contribution in [1.29, 1.82) is 0 Å². The van der Waals surface area contributed by atoms with Crippen molar-refractivity contribution in [2.24, 2.45) is 0 Å². The zero-order chi connectivity index (χ0) is 20.0. The lowest BCUT2D eigenvalue weighted by Crippen LogP contribution is -2.27. The van der Waals surface area contributed by atoms with Gasteiger partial charge in [0, 0.05) is 29.5 Å². The summed E-state index contributed by atoms with van der Waals surface area (Å²) in [5, 5.41) is 18.2. The maximum Gasteiger partial charge on any atom is 0.412 e. The van der Waals surface area contributed by atoms with Crippen LogP contribution in [0.3, 0.4) is 0 Å². The van der Waals surface area contributed by atoms with Gasteiger partial charge in [-0.15, -0.1) is 0 Å². The van der Waals surface area contributed by atoms with Crippen molar-refractivity contribution in [2.75, 3.05) is 17.7 Å². The maximum atomic E-state index is 12.5. The Morgan fingerprint density at radius 2 is 1.67 bits per heavy atom. The highest BCUT2D eigenvalue weighted by Gasteiger charge is 2.17. The van der Waals surface area contributed by atoms with Gasteiger partial charge >= 0.3 is 6.09 Å². The average Bonchev–Trinajstić information content (AvgIpc) is 2.54. The molecule has 7 heteroatoms. The molecule has 0 aliphatic carbocycles. The second-order valence-electron chi connectivity index (χ2n) is 7.08. The summed E-state index contributed by atoms with van der Waals surface area (Å²) in [6.45, 7) is 5.97. The molecule has 0 spiro atoms. The summed E-state index contributed by atoms with van der Waals surface area (Å²) in [6, 6.07) is 11.5. The number of hydrogen-bond acceptors (Lipinski definition) is 5. The number of anilines is 2. The van der Waals surface area contributed by atoms with E-state index in [1.165, 1.54) is 18.2 Å². The number of nitrogens with one attached hydrogen (secondary N) is 3. The molecule has 0 saturated carbocycles. The van der Waals surface area contributed by atoms with Crippen LogP contribution < -0.4 is 16.0 Å². The highest BCUT2D eigenvalue weighted by atomic mass is 16.6. The van der Waals surface area contributed by atoms with E-state index in [4.69, 9.17) is 4.74 Å². The summed E-state index contributed by atoms with van der Waals surface area (Å²) in [5.41, 5.74) is 1.54. The van der Waals surface area contributed by atoms with Crippen LogP contribution in [-0.2, 0) is 11.3 Å². The van der Waals surface area contributed by atoms with E-state index in [1.54, 1.807) is 32.9 Å². The molecule has 0 bridgehead atoms. The van der Waals surface area contributed by atoms with E-state index < -0.39 is 17.6 Å². The number of ether oxygens (including phenoxy) is 1. The third kappa shape index (κ3) is 6.63. The number of phenols is 1. The van der Waals surface area contributed by atoms with Gasteiger partial charge in [-0.25, -0.2) is 4.79 Å². The molecule has 2 rings (SSSR count). The number of hydrogen-bond donors (Lipinski definition) is 4. The molecule has 0 aromatic heterocycles. The summed E-state index contributed by atoms with van der Waals surface area (Å²) < 4.78 is 5.17. The largest absolute Gasteiger partial charge is 0.508 e. The van der Waals surface area contributed by atoms with Crippen molar-refractivity contribution in [3.63, 3.8) is 0 Å². The standard InChI is InChI=1S/C20H25N3O4/c1-20(2,3)27-19(26)23-16-9-14(10-17(24)11-16)18(25)22-15-7-5-13(6-8-15)12-21-4/h5-11,21,24H,12H2,1-4H3,(H,22,25)(H,23,26). The molecular weight excluding hydrogens is 346 g/mol. The fraction of sp³-hybridized carbons (Fsp3) is 0.300. The molecule has 0 atom stereocenters. The van der Waals surface area contributed by atoms with Crippen LogP contribution in [0.5, 0.6) is 5.75 Å². The molecule has 0 aliphatic rings. The van der Waals surface area contributed by atoms with E-state index in [1.807, 2.05) is 19.2 Å². The molecule has 144 valence electrons. The Morgan fingerprint density at radius 3 is 2.26 bits per heavy atom. The highest BCUT2D eigenvalue weighted by Crippen LogP contribution is 2.22. The zero-order valence-electron chi connectivity index (χ0n) is 15.9. The highest BCUT2D eigenvalue weighted by molar-refractivity contribution is 6.05. The number of amides is 2. The Bertz CT molecular complexity index is 811. The lowest BCUT2D eigenvalue weighted by Gasteiger charge is -2.19. The number of rotatable bonds is 5. The minimum atomic E-state index is -0.667. The third-order valence-corrected chi connectivity index (χ3v) is 3.42. The molecule has 2 aromatic rings. The number of benzene rings is 2. The first-order chi connectivity index (χ1) is 12.7. The first-order valence-corrected chi connectivity index (χ1v) is 8.55. The van der Waals surface area contributed by atoms with Crippen LogP contribution in [0.1, 0.15) is 36.7 Å². The molecule has 0 aliphatic heterocycles. The van der Waals surface area contributed by atoms with Gasteiger partial charge in [-0.3, -0.25) is 10.1 Å². The summed E-state index contributed by atoms with van der Waals surface area (Å²) in [6.07, 6.45) is -0.667. The summed E-state index contributed by atoms with van der Waals surface area (Å²) in [7, 11) is 1.86. The number of phenolic OH excluding ortho intramolecular Hbond substituents is 1.